The Balaban J connectivity index is 1.57. The molecule has 1 saturated carbocycles. The molecule has 0 spiro atoms. The minimum atomic E-state index is -0.590. The third kappa shape index (κ3) is 3.27. The highest BCUT2D eigenvalue weighted by Crippen LogP contribution is 2.34. The van der Waals surface area contributed by atoms with Crippen LogP contribution in [0.25, 0.3) is 5.70 Å². The van der Waals surface area contributed by atoms with Crippen molar-refractivity contribution in [3.63, 3.8) is 0 Å². The maximum Gasteiger partial charge on any atom is 0.174 e. The summed E-state index contributed by atoms with van der Waals surface area (Å²) in [5.41, 5.74) is 17.9. The fourth-order valence-electron chi connectivity index (χ4n) is 3.87. The first kappa shape index (κ1) is 16.2. The SMILES string of the molecule is NC1CCC(C2(N)C=C(NCc3ccccc3)c3nccn3N2)CC1. The molecule has 132 valence electrons. The Labute approximate surface area is 148 Å². The molecule has 25 heavy (non-hydrogen) atoms. The first-order chi connectivity index (χ1) is 12.1. The molecule has 1 aliphatic heterocycles. The van der Waals surface area contributed by atoms with Crippen molar-refractivity contribution in [2.24, 2.45) is 17.4 Å². The number of hydrogen-bond acceptors (Lipinski definition) is 5. The van der Waals surface area contributed by atoms with Crippen LogP contribution in [0.5, 0.6) is 0 Å². The molecular formula is C19H26N6. The van der Waals surface area contributed by atoms with Crippen molar-refractivity contribution < 1.29 is 0 Å². The van der Waals surface area contributed by atoms with Gasteiger partial charge in [0.05, 0.1) is 5.70 Å². The summed E-state index contributed by atoms with van der Waals surface area (Å²) in [5, 5.41) is 3.52. The van der Waals surface area contributed by atoms with Crippen molar-refractivity contribution in [3.8, 4) is 0 Å². The Morgan fingerprint density at radius 3 is 2.72 bits per heavy atom. The van der Waals surface area contributed by atoms with Gasteiger partial charge in [-0.2, -0.15) is 0 Å². The zero-order valence-corrected chi connectivity index (χ0v) is 14.4. The standard InChI is InChI=1S/C19H26N6/c20-16-8-6-15(7-9-16)19(21)12-17(18-22-10-11-25(18)24-19)23-13-14-4-2-1-3-5-14/h1-5,10-12,15-16,23-24H,6-9,13,20-21H2. The van der Waals surface area contributed by atoms with Crippen molar-refractivity contribution in [2.75, 3.05) is 5.43 Å². The second-order valence-electron chi connectivity index (χ2n) is 7.17. The zero-order valence-electron chi connectivity index (χ0n) is 14.4. The van der Waals surface area contributed by atoms with E-state index in [4.69, 9.17) is 11.5 Å². The van der Waals surface area contributed by atoms with E-state index >= 15 is 0 Å². The Morgan fingerprint density at radius 2 is 1.96 bits per heavy atom. The molecule has 2 heterocycles. The van der Waals surface area contributed by atoms with E-state index in [0.717, 1.165) is 43.7 Å². The number of aromatic nitrogens is 2. The molecule has 6 nitrogen and oxygen atoms in total. The Hall–Kier alpha value is -2.31. The third-order valence-electron chi connectivity index (χ3n) is 5.35. The smallest absolute Gasteiger partial charge is 0.174 e. The second kappa shape index (κ2) is 6.54. The summed E-state index contributed by atoms with van der Waals surface area (Å²) in [7, 11) is 0. The van der Waals surface area contributed by atoms with Gasteiger partial charge in [-0.25, -0.2) is 9.66 Å². The highest BCUT2D eigenvalue weighted by atomic mass is 15.5. The lowest BCUT2D eigenvalue weighted by Crippen LogP contribution is -2.59. The summed E-state index contributed by atoms with van der Waals surface area (Å²) in [6, 6.07) is 10.7. The largest absolute Gasteiger partial charge is 0.378 e. The van der Waals surface area contributed by atoms with Gasteiger partial charge in [0.1, 0.15) is 5.66 Å². The lowest BCUT2D eigenvalue weighted by molar-refractivity contribution is 0.238. The molecule has 0 amide bonds. The van der Waals surface area contributed by atoms with E-state index in [1.54, 1.807) is 6.20 Å². The van der Waals surface area contributed by atoms with E-state index in [1.807, 2.05) is 29.1 Å². The average Bonchev–Trinajstić information content (AvgIpc) is 3.09. The summed E-state index contributed by atoms with van der Waals surface area (Å²) in [6.45, 7) is 0.741. The summed E-state index contributed by atoms with van der Waals surface area (Å²) in [4.78, 5) is 4.47. The molecule has 2 aromatic rings. The van der Waals surface area contributed by atoms with Crippen LogP contribution in [0, 0.1) is 5.92 Å². The van der Waals surface area contributed by atoms with Crippen LogP contribution in [0.15, 0.2) is 48.8 Å². The van der Waals surface area contributed by atoms with Gasteiger partial charge in [0.15, 0.2) is 5.82 Å². The molecule has 4 rings (SSSR count). The third-order valence-corrected chi connectivity index (χ3v) is 5.35. The minimum Gasteiger partial charge on any atom is -0.378 e. The summed E-state index contributed by atoms with van der Waals surface area (Å²) < 4.78 is 1.93. The topological polar surface area (TPSA) is 93.9 Å². The van der Waals surface area contributed by atoms with Crippen LogP contribution in [0.4, 0.5) is 0 Å². The molecule has 2 aliphatic rings. The highest BCUT2D eigenvalue weighted by molar-refractivity contribution is 5.63. The van der Waals surface area contributed by atoms with Gasteiger partial charge in [0, 0.05) is 30.9 Å². The van der Waals surface area contributed by atoms with Crippen LogP contribution >= 0.6 is 0 Å². The van der Waals surface area contributed by atoms with Gasteiger partial charge in [-0.15, -0.1) is 0 Å². The van der Waals surface area contributed by atoms with Gasteiger partial charge >= 0.3 is 0 Å². The van der Waals surface area contributed by atoms with Gasteiger partial charge in [0.2, 0.25) is 0 Å². The van der Waals surface area contributed by atoms with Crippen LogP contribution in [0.1, 0.15) is 37.1 Å². The zero-order chi connectivity index (χ0) is 17.3. The van der Waals surface area contributed by atoms with Crippen LogP contribution in [-0.2, 0) is 6.54 Å². The highest BCUT2D eigenvalue weighted by Gasteiger charge is 2.39. The first-order valence-electron chi connectivity index (χ1n) is 9.01. The lowest BCUT2D eigenvalue weighted by Gasteiger charge is -2.42. The van der Waals surface area contributed by atoms with Crippen LogP contribution in [0.2, 0.25) is 0 Å². The first-order valence-corrected chi connectivity index (χ1v) is 9.01. The molecular weight excluding hydrogens is 312 g/mol. The minimum absolute atomic E-state index is 0.312. The van der Waals surface area contributed by atoms with E-state index in [-0.39, 0.29) is 0 Å². The van der Waals surface area contributed by atoms with E-state index in [1.165, 1.54) is 5.56 Å². The number of nitrogens with two attached hydrogens (primary N) is 2. The maximum absolute atomic E-state index is 6.80. The van der Waals surface area contributed by atoms with Gasteiger partial charge in [-0.1, -0.05) is 30.3 Å². The van der Waals surface area contributed by atoms with E-state index < -0.39 is 5.66 Å². The van der Waals surface area contributed by atoms with Crippen LogP contribution < -0.4 is 22.2 Å². The molecule has 1 unspecified atom stereocenters. The summed E-state index contributed by atoms with van der Waals surface area (Å²) in [5.74, 6) is 1.22. The van der Waals surface area contributed by atoms with Gasteiger partial charge in [-0.3, -0.25) is 0 Å². The van der Waals surface area contributed by atoms with E-state index in [2.05, 4.69) is 33.9 Å². The summed E-state index contributed by atoms with van der Waals surface area (Å²) >= 11 is 0. The number of nitrogens with one attached hydrogen (secondary N) is 2. The predicted octanol–water partition coefficient (Wildman–Crippen LogP) is 1.74. The predicted molar refractivity (Wildman–Crippen MR) is 99.7 cm³/mol. The summed E-state index contributed by atoms with van der Waals surface area (Å²) in [6.07, 6.45) is 9.96. The Bertz CT molecular complexity index is 744. The number of nitrogens with zero attached hydrogens (tertiary/aromatic N) is 2. The molecule has 1 aromatic carbocycles. The number of fused-ring (bicyclic) bond motifs is 1. The van der Waals surface area contributed by atoms with Crippen molar-refractivity contribution >= 4 is 5.70 Å². The number of rotatable bonds is 4. The second-order valence-corrected chi connectivity index (χ2v) is 7.17. The molecule has 1 aliphatic carbocycles. The molecule has 1 atom stereocenters. The number of benzene rings is 1. The molecule has 1 fully saturated rings. The fraction of sp³-hybridized carbons (Fsp3) is 0.421. The number of hydrogen-bond donors (Lipinski definition) is 4. The average molecular weight is 338 g/mol. The molecule has 1 aromatic heterocycles. The Morgan fingerprint density at radius 1 is 1.20 bits per heavy atom. The molecule has 0 bridgehead atoms. The quantitative estimate of drug-likeness (QED) is 0.681. The van der Waals surface area contributed by atoms with Crippen molar-refractivity contribution in [3.05, 3.63) is 60.2 Å². The number of imidazole rings is 1. The van der Waals surface area contributed by atoms with E-state index in [0.29, 0.717) is 12.0 Å². The normalized spacial score (nSPS) is 28.6. The molecule has 0 radical (unpaired) electrons. The molecule has 6 N–H and O–H groups in total. The van der Waals surface area contributed by atoms with Crippen molar-refractivity contribution in [1.82, 2.24) is 15.0 Å². The van der Waals surface area contributed by atoms with Crippen molar-refractivity contribution in [2.45, 2.75) is 43.9 Å². The lowest BCUT2D eigenvalue weighted by atomic mass is 9.78. The monoisotopic (exact) mass is 338 g/mol. The molecule has 0 saturated heterocycles. The molecule has 6 heteroatoms. The Kier molecular flexibility index (Phi) is 4.23. The van der Waals surface area contributed by atoms with Gasteiger partial charge < -0.3 is 22.2 Å². The van der Waals surface area contributed by atoms with Crippen LogP contribution in [0.3, 0.4) is 0 Å². The van der Waals surface area contributed by atoms with E-state index in [9.17, 15) is 0 Å². The van der Waals surface area contributed by atoms with Crippen molar-refractivity contribution in [1.29, 1.82) is 0 Å². The van der Waals surface area contributed by atoms with Gasteiger partial charge in [-0.05, 0) is 37.3 Å². The maximum atomic E-state index is 6.80. The fourth-order valence-corrected chi connectivity index (χ4v) is 3.87. The van der Waals surface area contributed by atoms with Gasteiger partial charge in [0.25, 0.3) is 0 Å². The van der Waals surface area contributed by atoms with Crippen LogP contribution in [-0.4, -0.2) is 21.4 Å².